The number of carbonyl (C=O) groups excluding carboxylic acids is 1. The Bertz CT molecular complexity index is 386. The lowest BCUT2D eigenvalue weighted by Gasteiger charge is -2.44. The minimum absolute atomic E-state index is 0.241. The van der Waals surface area contributed by atoms with E-state index in [1.807, 2.05) is 0 Å². The molecule has 0 aromatic carbocycles. The van der Waals surface area contributed by atoms with Crippen LogP contribution in [0.5, 0.6) is 0 Å². The van der Waals surface area contributed by atoms with Crippen LogP contribution in [-0.2, 0) is 4.79 Å². The number of nitrogens with zero attached hydrogens (tertiary/aromatic N) is 2. The first-order chi connectivity index (χ1) is 9.61. The van der Waals surface area contributed by atoms with Crippen molar-refractivity contribution in [2.24, 2.45) is 0 Å². The molecule has 20 heavy (non-hydrogen) atoms. The normalized spacial score (nSPS) is 24.6. The van der Waals surface area contributed by atoms with Gasteiger partial charge in [0.25, 0.3) is 0 Å². The summed E-state index contributed by atoms with van der Waals surface area (Å²) in [5.41, 5.74) is 0. The molecular formula is C14H23N3O3. The van der Waals surface area contributed by atoms with Gasteiger partial charge in [-0.2, -0.15) is 0 Å². The first-order valence-electron chi connectivity index (χ1n) is 7.25. The van der Waals surface area contributed by atoms with E-state index in [1.54, 1.807) is 4.90 Å². The van der Waals surface area contributed by atoms with E-state index in [-0.39, 0.29) is 12.5 Å². The first-order valence-corrected chi connectivity index (χ1v) is 7.25. The lowest BCUT2D eigenvalue weighted by Crippen LogP contribution is -2.59. The third kappa shape index (κ3) is 3.50. The summed E-state index contributed by atoms with van der Waals surface area (Å²) in [7, 11) is 0. The van der Waals surface area contributed by atoms with Crippen LogP contribution in [0.25, 0.3) is 0 Å². The average Bonchev–Trinajstić information content (AvgIpc) is 2.46. The second-order valence-electron chi connectivity index (χ2n) is 5.50. The molecule has 2 heterocycles. The second-order valence-corrected chi connectivity index (χ2v) is 5.50. The summed E-state index contributed by atoms with van der Waals surface area (Å²) in [6.45, 7) is 6.90. The zero-order valence-electron chi connectivity index (χ0n) is 11.8. The summed E-state index contributed by atoms with van der Waals surface area (Å²) in [4.78, 5) is 27.4. The molecule has 2 unspecified atom stereocenters. The van der Waals surface area contributed by atoms with Gasteiger partial charge in [0.05, 0.1) is 0 Å². The van der Waals surface area contributed by atoms with Crippen LogP contribution in [0.1, 0.15) is 25.7 Å². The molecule has 2 aliphatic rings. The number of amides is 2. The number of carboxylic acid groups (broad SMARTS) is 1. The van der Waals surface area contributed by atoms with Gasteiger partial charge in [0.15, 0.2) is 0 Å². The van der Waals surface area contributed by atoms with E-state index in [2.05, 4.69) is 16.8 Å². The van der Waals surface area contributed by atoms with Crippen molar-refractivity contribution in [3.63, 3.8) is 0 Å². The van der Waals surface area contributed by atoms with Crippen LogP contribution < -0.4 is 5.32 Å². The van der Waals surface area contributed by atoms with Crippen molar-refractivity contribution in [2.75, 3.05) is 26.2 Å². The Balaban J connectivity index is 1.89. The van der Waals surface area contributed by atoms with Crippen molar-refractivity contribution >= 4 is 12.0 Å². The predicted molar refractivity (Wildman–Crippen MR) is 75.6 cm³/mol. The molecule has 0 saturated carbocycles. The van der Waals surface area contributed by atoms with Crippen molar-refractivity contribution in [3.8, 4) is 0 Å². The van der Waals surface area contributed by atoms with Crippen molar-refractivity contribution in [1.82, 2.24) is 15.1 Å². The maximum atomic E-state index is 12.2. The second kappa shape index (κ2) is 6.74. The summed E-state index contributed by atoms with van der Waals surface area (Å²) in [6, 6.07) is -0.722. The Morgan fingerprint density at radius 2 is 2.15 bits per heavy atom. The highest BCUT2D eigenvalue weighted by atomic mass is 16.4. The van der Waals surface area contributed by atoms with Gasteiger partial charge in [-0.3, -0.25) is 4.90 Å². The largest absolute Gasteiger partial charge is 0.480 e. The minimum Gasteiger partial charge on any atom is -0.480 e. The lowest BCUT2D eigenvalue weighted by molar-refractivity contribution is -0.139. The fraction of sp³-hybridized carbons (Fsp3) is 0.714. The van der Waals surface area contributed by atoms with Crippen LogP contribution in [0, 0.1) is 0 Å². The number of rotatable bonds is 4. The van der Waals surface area contributed by atoms with E-state index in [4.69, 9.17) is 5.11 Å². The van der Waals surface area contributed by atoms with E-state index in [1.165, 1.54) is 18.9 Å². The molecule has 6 heteroatoms. The fourth-order valence-corrected chi connectivity index (χ4v) is 2.97. The number of carbonyl (C=O) groups is 2. The molecule has 2 rings (SSSR count). The van der Waals surface area contributed by atoms with Gasteiger partial charge in [0, 0.05) is 25.7 Å². The van der Waals surface area contributed by atoms with Crippen molar-refractivity contribution in [1.29, 1.82) is 0 Å². The Morgan fingerprint density at radius 1 is 1.35 bits per heavy atom. The molecule has 2 saturated heterocycles. The summed E-state index contributed by atoms with van der Waals surface area (Å²) in [6.07, 6.45) is 5.33. The molecule has 0 spiro atoms. The molecule has 2 fully saturated rings. The fourth-order valence-electron chi connectivity index (χ4n) is 2.97. The van der Waals surface area contributed by atoms with Crippen LogP contribution in [0.3, 0.4) is 0 Å². The molecule has 0 aromatic heterocycles. The number of hydrogen-bond acceptors (Lipinski definition) is 3. The Labute approximate surface area is 119 Å². The van der Waals surface area contributed by atoms with Gasteiger partial charge in [0.2, 0.25) is 0 Å². The van der Waals surface area contributed by atoms with Crippen molar-refractivity contribution < 1.29 is 14.7 Å². The Hall–Kier alpha value is -1.56. The quantitative estimate of drug-likeness (QED) is 0.751. The van der Waals surface area contributed by atoms with Gasteiger partial charge >= 0.3 is 12.0 Å². The highest BCUT2D eigenvalue weighted by molar-refractivity contribution is 5.82. The monoisotopic (exact) mass is 281 g/mol. The standard InChI is InChI=1S/C14H23N3O3/c1-2-5-12(13(18)19)15-14(20)17-9-8-16-7-4-3-6-11(16)10-17/h2,11-12H,1,3-10H2,(H,15,20)(H,18,19). The first kappa shape index (κ1) is 14.8. The maximum Gasteiger partial charge on any atom is 0.326 e. The smallest absolute Gasteiger partial charge is 0.326 e. The zero-order valence-corrected chi connectivity index (χ0v) is 11.8. The lowest BCUT2D eigenvalue weighted by atomic mass is 10.00. The molecule has 0 radical (unpaired) electrons. The number of carboxylic acids is 1. The van der Waals surface area contributed by atoms with Gasteiger partial charge in [-0.1, -0.05) is 12.5 Å². The van der Waals surface area contributed by atoms with E-state index in [0.29, 0.717) is 19.1 Å². The van der Waals surface area contributed by atoms with Gasteiger partial charge in [0.1, 0.15) is 6.04 Å². The van der Waals surface area contributed by atoms with Crippen LogP contribution >= 0.6 is 0 Å². The molecule has 2 atom stereocenters. The number of hydrogen-bond donors (Lipinski definition) is 2. The van der Waals surface area contributed by atoms with Crippen LogP contribution in [-0.4, -0.2) is 65.2 Å². The Kier molecular flexibility index (Phi) is 5.00. The van der Waals surface area contributed by atoms with Gasteiger partial charge in [-0.15, -0.1) is 6.58 Å². The molecule has 0 aromatic rings. The highest BCUT2D eigenvalue weighted by Gasteiger charge is 2.32. The van der Waals surface area contributed by atoms with Crippen LogP contribution in [0.4, 0.5) is 4.79 Å². The topological polar surface area (TPSA) is 72.9 Å². The number of piperidine rings is 1. The van der Waals surface area contributed by atoms with Crippen molar-refractivity contribution in [3.05, 3.63) is 12.7 Å². The van der Waals surface area contributed by atoms with E-state index in [9.17, 15) is 9.59 Å². The molecule has 2 amide bonds. The summed E-state index contributed by atoms with van der Waals surface area (Å²) >= 11 is 0. The van der Waals surface area contributed by atoms with Gasteiger partial charge in [-0.05, 0) is 25.8 Å². The molecule has 0 bridgehead atoms. The number of piperazine rings is 1. The maximum absolute atomic E-state index is 12.2. The predicted octanol–water partition coefficient (Wildman–Crippen LogP) is 0.895. The third-order valence-electron chi connectivity index (χ3n) is 4.12. The number of fused-ring (bicyclic) bond motifs is 1. The highest BCUT2D eigenvalue weighted by Crippen LogP contribution is 2.21. The zero-order chi connectivity index (χ0) is 14.5. The summed E-state index contributed by atoms with van der Waals surface area (Å²) in [5.74, 6) is -1.02. The van der Waals surface area contributed by atoms with Gasteiger partial charge < -0.3 is 15.3 Å². The molecule has 2 aliphatic heterocycles. The van der Waals surface area contributed by atoms with Gasteiger partial charge in [-0.25, -0.2) is 9.59 Å². The van der Waals surface area contributed by atoms with E-state index >= 15 is 0 Å². The van der Waals surface area contributed by atoms with Crippen LogP contribution in [0.2, 0.25) is 0 Å². The molecular weight excluding hydrogens is 258 g/mol. The number of aliphatic carboxylic acids is 1. The number of urea groups is 1. The van der Waals surface area contributed by atoms with Crippen molar-refractivity contribution in [2.45, 2.75) is 37.8 Å². The summed E-state index contributed by atoms with van der Waals surface area (Å²) in [5, 5.41) is 11.6. The third-order valence-corrected chi connectivity index (χ3v) is 4.12. The van der Waals surface area contributed by atoms with Crippen LogP contribution in [0.15, 0.2) is 12.7 Å². The Morgan fingerprint density at radius 3 is 2.85 bits per heavy atom. The average molecular weight is 281 g/mol. The van der Waals surface area contributed by atoms with E-state index < -0.39 is 12.0 Å². The number of nitrogens with one attached hydrogen (secondary N) is 1. The molecule has 2 N–H and O–H groups in total. The molecule has 6 nitrogen and oxygen atoms in total. The summed E-state index contributed by atoms with van der Waals surface area (Å²) < 4.78 is 0. The molecule has 112 valence electrons. The van der Waals surface area contributed by atoms with E-state index in [0.717, 1.165) is 19.5 Å². The molecule has 0 aliphatic carbocycles. The minimum atomic E-state index is -1.02. The SMILES string of the molecule is C=CCC(NC(=O)N1CCN2CCCCC2C1)C(=O)O.